The zero-order chi connectivity index (χ0) is 19.7. The van der Waals surface area contributed by atoms with Crippen molar-refractivity contribution in [3.8, 4) is 11.6 Å². The number of anilines is 1. The first-order valence-electron chi connectivity index (χ1n) is 7.69. The molecule has 0 bridgehead atoms. The number of halogens is 5. The van der Waals surface area contributed by atoms with Crippen molar-refractivity contribution in [2.45, 2.75) is 13.5 Å². The summed E-state index contributed by atoms with van der Waals surface area (Å²) in [5, 5.41) is 0. The van der Waals surface area contributed by atoms with Crippen molar-refractivity contribution < 1.29 is 17.9 Å². The van der Waals surface area contributed by atoms with E-state index in [4.69, 9.17) is 10.5 Å². The maximum absolute atomic E-state index is 14.1. The van der Waals surface area contributed by atoms with Crippen LogP contribution in [-0.2, 0) is 6.61 Å². The molecule has 10 heteroatoms. The molecule has 2 N–H and O–H groups in total. The maximum atomic E-state index is 14.1. The molecule has 28 heavy (non-hydrogen) atoms. The van der Waals surface area contributed by atoms with Gasteiger partial charge in [0.1, 0.15) is 34.4 Å². The summed E-state index contributed by atoms with van der Waals surface area (Å²) in [6.07, 6.45) is 0. The molecule has 0 saturated heterocycles. The van der Waals surface area contributed by atoms with E-state index in [1.54, 1.807) is 0 Å². The van der Waals surface area contributed by atoms with Gasteiger partial charge in [-0.1, -0.05) is 0 Å². The Labute approximate surface area is 172 Å². The third-order valence-corrected chi connectivity index (χ3v) is 4.43. The molecule has 1 heterocycles. The summed E-state index contributed by atoms with van der Waals surface area (Å²) in [7, 11) is 0. The summed E-state index contributed by atoms with van der Waals surface area (Å²) >= 11 is 3.08. The molecule has 0 amide bonds. The van der Waals surface area contributed by atoms with Crippen LogP contribution in [0.1, 0.15) is 11.4 Å². The monoisotopic (exact) mass is 475 g/mol. The lowest BCUT2D eigenvalue weighted by Gasteiger charge is -2.14. The minimum absolute atomic E-state index is 0. The highest BCUT2D eigenvalue weighted by Gasteiger charge is 2.18. The molecule has 0 aliphatic heterocycles. The zero-order valence-electron chi connectivity index (χ0n) is 14.4. The fourth-order valence-electron chi connectivity index (χ4n) is 2.45. The molecule has 148 valence electrons. The maximum Gasteiger partial charge on any atom is 0.276 e. The molecule has 0 saturated carbocycles. The minimum Gasteiger partial charge on any atom is -0.472 e. The van der Waals surface area contributed by atoms with E-state index in [2.05, 4.69) is 20.9 Å². The van der Waals surface area contributed by atoms with Gasteiger partial charge in [0.15, 0.2) is 0 Å². The lowest BCUT2D eigenvalue weighted by atomic mass is 10.2. The summed E-state index contributed by atoms with van der Waals surface area (Å²) in [6, 6.07) is 6.88. The van der Waals surface area contributed by atoms with Crippen LogP contribution in [0.15, 0.2) is 45.7 Å². The average molecular weight is 477 g/mol. The number of ether oxygens (including phenoxy) is 1. The van der Waals surface area contributed by atoms with Gasteiger partial charge in [-0.2, -0.15) is 4.98 Å². The van der Waals surface area contributed by atoms with Crippen LogP contribution < -0.4 is 16.0 Å². The van der Waals surface area contributed by atoms with Crippen molar-refractivity contribution >= 4 is 34.0 Å². The molecule has 3 aromatic rings. The van der Waals surface area contributed by atoms with E-state index in [0.717, 1.165) is 22.8 Å². The van der Waals surface area contributed by atoms with Crippen LogP contribution >= 0.6 is 28.3 Å². The van der Waals surface area contributed by atoms with E-state index in [9.17, 15) is 18.0 Å². The number of aryl methyl sites for hydroxylation is 1. The number of nitrogens with zero attached hydrogens (tertiary/aromatic N) is 2. The van der Waals surface area contributed by atoms with Gasteiger partial charge in [0.25, 0.3) is 5.56 Å². The molecular formula is C18H14BrClF3N3O2. The fourth-order valence-corrected chi connectivity index (χ4v) is 2.83. The molecule has 0 radical (unpaired) electrons. The van der Waals surface area contributed by atoms with Crippen LogP contribution in [0.4, 0.5) is 18.9 Å². The van der Waals surface area contributed by atoms with Gasteiger partial charge in [0.05, 0.1) is 5.69 Å². The molecule has 0 aliphatic rings. The summed E-state index contributed by atoms with van der Waals surface area (Å²) in [4.78, 5) is 16.8. The molecular weight excluding hydrogens is 463 g/mol. The number of nitrogens with two attached hydrogens (primary N) is 1. The lowest BCUT2D eigenvalue weighted by Crippen LogP contribution is -2.24. The Bertz CT molecular complexity index is 1090. The topological polar surface area (TPSA) is 70.1 Å². The second-order valence-electron chi connectivity index (χ2n) is 5.65. The number of hydrogen-bond donors (Lipinski definition) is 1. The number of nitrogen functional groups attached to an aromatic ring is 1. The summed E-state index contributed by atoms with van der Waals surface area (Å²) < 4.78 is 47.2. The van der Waals surface area contributed by atoms with Gasteiger partial charge < -0.3 is 10.5 Å². The third-order valence-electron chi connectivity index (χ3n) is 3.76. The van der Waals surface area contributed by atoms with E-state index >= 15 is 0 Å². The van der Waals surface area contributed by atoms with Gasteiger partial charge in [-0.3, -0.25) is 9.36 Å². The first kappa shape index (κ1) is 21.8. The quantitative estimate of drug-likeness (QED) is 0.570. The summed E-state index contributed by atoms with van der Waals surface area (Å²) in [5.41, 5.74) is 5.36. The average Bonchev–Trinajstić information content (AvgIpc) is 2.61. The fraction of sp³-hybridized carbons (Fsp3) is 0.111. The standard InChI is InChI=1S/C18H13BrF3N3O2.ClH/c1-9-24-17(27-8-10-2-3-11(20)6-14(10)22)16(19)18(26)25(9)15-7-12(23)4-5-13(15)21;/h2-7H,8,23H2,1H3;1H. The number of aromatic nitrogens is 2. The zero-order valence-corrected chi connectivity index (χ0v) is 16.8. The molecule has 0 aliphatic carbocycles. The predicted molar refractivity (Wildman–Crippen MR) is 105 cm³/mol. The molecule has 0 spiro atoms. The minimum atomic E-state index is -0.780. The van der Waals surface area contributed by atoms with Gasteiger partial charge in [0, 0.05) is 17.3 Å². The Morgan fingerprint density at radius 1 is 1.14 bits per heavy atom. The summed E-state index contributed by atoms with van der Waals surface area (Å²) in [6.45, 7) is 1.22. The van der Waals surface area contributed by atoms with Crippen LogP contribution in [0.5, 0.6) is 5.88 Å². The molecule has 5 nitrogen and oxygen atoms in total. The Balaban J connectivity index is 0.00000280. The van der Waals surface area contributed by atoms with Gasteiger partial charge in [-0.25, -0.2) is 13.2 Å². The number of rotatable bonds is 4. The SMILES string of the molecule is Cc1nc(OCc2ccc(F)cc2F)c(Br)c(=O)n1-c1cc(N)ccc1F.Cl. The molecule has 0 atom stereocenters. The van der Waals surface area contributed by atoms with Crippen molar-refractivity contribution in [1.29, 1.82) is 0 Å². The van der Waals surface area contributed by atoms with Crippen LogP contribution in [0.2, 0.25) is 0 Å². The normalized spacial score (nSPS) is 10.5. The van der Waals surface area contributed by atoms with E-state index in [0.29, 0.717) is 0 Å². The van der Waals surface area contributed by atoms with E-state index in [1.807, 2.05) is 0 Å². The van der Waals surface area contributed by atoms with Crippen molar-refractivity contribution in [1.82, 2.24) is 9.55 Å². The summed E-state index contributed by atoms with van der Waals surface area (Å²) in [5.74, 6) is -2.09. The van der Waals surface area contributed by atoms with Crippen molar-refractivity contribution in [3.05, 3.63) is 80.1 Å². The highest BCUT2D eigenvalue weighted by atomic mass is 79.9. The van der Waals surface area contributed by atoms with Crippen molar-refractivity contribution in [2.75, 3.05) is 5.73 Å². The second kappa shape index (κ2) is 8.66. The van der Waals surface area contributed by atoms with E-state index in [-0.39, 0.29) is 52.1 Å². The first-order chi connectivity index (χ1) is 12.8. The van der Waals surface area contributed by atoms with Gasteiger partial charge in [-0.15, -0.1) is 12.4 Å². The van der Waals surface area contributed by atoms with Gasteiger partial charge in [-0.05, 0) is 53.2 Å². The van der Waals surface area contributed by atoms with E-state index < -0.39 is 23.0 Å². The first-order valence-corrected chi connectivity index (χ1v) is 8.48. The van der Waals surface area contributed by atoms with Gasteiger partial charge in [0.2, 0.25) is 5.88 Å². The highest BCUT2D eigenvalue weighted by Crippen LogP contribution is 2.24. The van der Waals surface area contributed by atoms with Crippen LogP contribution in [0.25, 0.3) is 5.69 Å². The van der Waals surface area contributed by atoms with Crippen molar-refractivity contribution in [2.24, 2.45) is 0 Å². The highest BCUT2D eigenvalue weighted by molar-refractivity contribution is 9.10. The molecule has 3 rings (SSSR count). The molecule has 0 unspecified atom stereocenters. The Morgan fingerprint density at radius 3 is 2.54 bits per heavy atom. The predicted octanol–water partition coefficient (Wildman–Crippen LogP) is 4.30. The smallest absolute Gasteiger partial charge is 0.276 e. The molecule has 2 aromatic carbocycles. The van der Waals surface area contributed by atoms with Crippen LogP contribution in [0.3, 0.4) is 0 Å². The Kier molecular flexibility index (Phi) is 6.73. The van der Waals surface area contributed by atoms with Crippen molar-refractivity contribution in [3.63, 3.8) is 0 Å². The van der Waals surface area contributed by atoms with Crippen LogP contribution in [0, 0.1) is 24.4 Å². The van der Waals surface area contributed by atoms with Gasteiger partial charge >= 0.3 is 0 Å². The van der Waals surface area contributed by atoms with E-state index in [1.165, 1.54) is 25.1 Å². The number of hydrogen-bond acceptors (Lipinski definition) is 4. The Morgan fingerprint density at radius 2 is 1.86 bits per heavy atom. The molecule has 0 fully saturated rings. The second-order valence-corrected chi connectivity index (χ2v) is 6.45. The third kappa shape index (κ3) is 4.31. The Hall–Kier alpha value is -2.52. The molecule has 1 aromatic heterocycles. The lowest BCUT2D eigenvalue weighted by molar-refractivity contribution is 0.283. The largest absolute Gasteiger partial charge is 0.472 e. The number of benzene rings is 2. The van der Waals surface area contributed by atoms with Crippen LogP contribution in [-0.4, -0.2) is 9.55 Å².